The van der Waals surface area contributed by atoms with Crippen LogP contribution in [-0.4, -0.2) is 64.6 Å². The fourth-order valence-corrected chi connectivity index (χ4v) is 20.7. The van der Waals surface area contributed by atoms with Crippen LogP contribution in [0.4, 0.5) is 0 Å². The second-order valence-electron chi connectivity index (χ2n) is 45.0. The number of ether oxygens (including phenoxy) is 12. The summed E-state index contributed by atoms with van der Waals surface area (Å²) in [4.78, 5) is 0. The molecule has 0 aliphatic carbocycles. The van der Waals surface area contributed by atoms with E-state index in [2.05, 4.69) is 98.7 Å². The van der Waals surface area contributed by atoms with Gasteiger partial charge in [0.05, 0.1) is 66.1 Å². The Morgan fingerprint density at radius 1 is 0.121 bits per heavy atom. The summed E-state index contributed by atoms with van der Waals surface area (Å²) in [6.07, 6.45) is 112. The van der Waals surface area contributed by atoms with Crippen LogP contribution in [0.25, 0.3) is 0 Å². The van der Waals surface area contributed by atoms with E-state index in [9.17, 15) is 5.11 Å². The second kappa shape index (κ2) is 104. The zero-order valence-corrected chi connectivity index (χ0v) is 99.8. The molecule has 4 aromatic carbocycles. The highest BCUT2D eigenvalue weighted by molar-refractivity contribution is 5.58. The molecule has 0 unspecified atom stereocenters. The number of unbranched alkanes of at least 4 members (excludes halogenated alkanes) is 81. The molecule has 0 saturated carbocycles. The van der Waals surface area contributed by atoms with Crippen molar-refractivity contribution in [1.29, 1.82) is 0 Å². The summed E-state index contributed by atoms with van der Waals surface area (Å²) in [6.45, 7) is 26.0. The van der Waals surface area contributed by atoms with E-state index in [0.717, 1.165) is 132 Å². The Labute approximate surface area is 922 Å². The first-order valence-electron chi connectivity index (χ1n) is 65.6. The average Bonchev–Trinajstić information content (AvgIpc) is 0.783. The summed E-state index contributed by atoms with van der Waals surface area (Å²) in [5.74, 6) is 7.52. The highest BCUT2D eigenvalue weighted by Crippen LogP contribution is 2.47. The van der Waals surface area contributed by atoms with Crippen LogP contribution in [0.15, 0.2) is 48.5 Å². The summed E-state index contributed by atoms with van der Waals surface area (Å²) in [5, 5.41) is 11.6. The smallest absolute Gasteiger partial charge is 0.203 e. The van der Waals surface area contributed by atoms with Gasteiger partial charge < -0.3 is 61.9 Å². The molecule has 0 atom stereocenters. The van der Waals surface area contributed by atoms with Gasteiger partial charge in [-0.15, -0.1) is 0 Å². The molecule has 0 bridgehead atoms. The van der Waals surface area contributed by atoms with E-state index >= 15 is 0 Å². The van der Waals surface area contributed by atoms with Crippen LogP contribution in [0, 0.1) is 0 Å². The van der Waals surface area contributed by atoms with Crippen LogP contribution in [0.5, 0.6) is 69.0 Å². The Balaban J connectivity index is 2.01. The highest BCUT2D eigenvalue weighted by Gasteiger charge is 2.25. The number of aliphatic hydroxyl groups excluding tert-OH is 1. The van der Waals surface area contributed by atoms with Gasteiger partial charge in [-0.05, 0) is 129 Å². The van der Waals surface area contributed by atoms with Crippen LogP contribution in [0.3, 0.4) is 0 Å². The molecule has 0 aliphatic heterocycles. The van der Waals surface area contributed by atoms with Gasteiger partial charge in [0.15, 0.2) is 46.0 Å². The standard InChI is InChI=1S/C136H242O13/c1-10-19-28-37-46-55-64-73-82-91-100-138-125-111-122(112-126(139-101-92-83-74-65-56-47-38-29-20-11-2)133(125)144-106-97-88-79-70-61-52-43-34-25-16-7)118-147-131-109-121(117-137)110-132(148-119-123-113-127(140-102-93-84-75-66-57-48-39-30-21-12-3)134(145-107-98-89-80-71-62-53-44-35-26-17-8)128(114-123)141-103-94-85-76-67-58-49-40-31-22-13-4)136(131)149-120-124-115-129(142-104-95-86-77-68-59-50-41-32-23-14-5)135(146-108-99-90-81-72-63-54-45-36-27-18-9)130(116-124)143-105-96-87-78-69-60-51-42-33-24-15-6/h109-116,137H,10-108,117-120H2,1-9H3. The van der Waals surface area contributed by atoms with Crippen LogP contribution in [0.1, 0.15) is 662 Å². The molecular formula is C136H242O13. The largest absolute Gasteiger partial charge is 0.490 e. The first-order valence-corrected chi connectivity index (χ1v) is 65.6. The van der Waals surface area contributed by atoms with E-state index in [1.807, 2.05) is 12.1 Å². The van der Waals surface area contributed by atoms with Crippen molar-refractivity contribution in [2.45, 2.75) is 667 Å². The van der Waals surface area contributed by atoms with Crippen molar-refractivity contribution in [2.24, 2.45) is 0 Å². The van der Waals surface area contributed by atoms with Gasteiger partial charge in [0.2, 0.25) is 23.0 Å². The van der Waals surface area contributed by atoms with Crippen molar-refractivity contribution in [1.82, 2.24) is 0 Å². The molecule has 864 valence electrons. The Morgan fingerprint density at radius 3 is 0.369 bits per heavy atom. The van der Waals surface area contributed by atoms with Gasteiger partial charge in [-0.25, -0.2) is 0 Å². The third kappa shape index (κ3) is 75.9. The lowest BCUT2D eigenvalue weighted by Crippen LogP contribution is -2.09. The molecule has 13 heteroatoms. The molecule has 0 spiro atoms. The molecule has 4 aromatic rings. The van der Waals surface area contributed by atoms with Crippen molar-refractivity contribution >= 4 is 0 Å². The van der Waals surface area contributed by atoms with Crippen LogP contribution >= 0.6 is 0 Å². The minimum Gasteiger partial charge on any atom is -0.490 e. The number of rotatable bonds is 118. The van der Waals surface area contributed by atoms with Gasteiger partial charge in [-0.1, -0.05) is 582 Å². The SMILES string of the molecule is CCCCCCCCCCCCOc1cc(COc2cc(CO)cc(OCc3cc(OCCCCCCCCCCCC)c(OCCCCCCCCCCCC)c(OCCCCCCCCCCCC)c3)c2OCc2cc(OCCCCCCCCCCCC)c(OCCCCCCCCCCCC)c(OCCCCCCCCCCCC)c2)cc(OCCCCCCCCCCCC)c1OCCCCCCCCCCCC. The predicted octanol–water partition coefficient (Wildman–Crippen LogP) is 44.6. The summed E-state index contributed by atoms with van der Waals surface area (Å²) in [5.41, 5.74) is 3.26. The third-order valence-electron chi connectivity index (χ3n) is 30.4. The Kier molecular flexibility index (Phi) is 94.8. The first kappa shape index (κ1) is 136. The third-order valence-corrected chi connectivity index (χ3v) is 30.4. The first-order chi connectivity index (χ1) is 73.8. The van der Waals surface area contributed by atoms with E-state index in [4.69, 9.17) is 56.8 Å². The minimum atomic E-state index is -0.259. The fourth-order valence-electron chi connectivity index (χ4n) is 20.7. The zero-order valence-electron chi connectivity index (χ0n) is 99.8. The molecule has 0 fully saturated rings. The van der Waals surface area contributed by atoms with E-state index in [1.54, 1.807) is 0 Å². The number of hydrogen-bond donors (Lipinski definition) is 1. The van der Waals surface area contributed by atoms with Crippen LogP contribution < -0.4 is 56.8 Å². The molecular weight excluding hydrogens is 1840 g/mol. The number of benzene rings is 4. The maximum atomic E-state index is 11.6. The quantitative estimate of drug-likeness (QED) is 0.0421. The van der Waals surface area contributed by atoms with Crippen molar-refractivity contribution in [3.8, 4) is 69.0 Å². The molecule has 4 rings (SSSR count). The maximum absolute atomic E-state index is 11.6. The molecule has 13 nitrogen and oxygen atoms in total. The summed E-state index contributed by atoms with van der Waals surface area (Å²) in [7, 11) is 0. The fraction of sp³-hybridized carbons (Fsp3) is 0.824. The topological polar surface area (TPSA) is 131 Å². The second-order valence-corrected chi connectivity index (χ2v) is 45.0. The molecule has 149 heavy (non-hydrogen) atoms. The van der Waals surface area contributed by atoms with Crippen molar-refractivity contribution in [3.05, 3.63) is 70.8 Å². The van der Waals surface area contributed by atoms with Crippen molar-refractivity contribution in [2.75, 3.05) is 59.5 Å². The average molecular weight is 2090 g/mol. The van der Waals surface area contributed by atoms with E-state index in [0.29, 0.717) is 134 Å². The lowest BCUT2D eigenvalue weighted by Gasteiger charge is -2.22. The van der Waals surface area contributed by atoms with Gasteiger partial charge in [0, 0.05) is 0 Å². The van der Waals surface area contributed by atoms with E-state index in [-0.39, 0.29) is 26.4 Å². The Morgan fingerprint density at radius 2 is 0.228 bits per heavy atom. The number of hydrogen-bond acceptors (Lipinski definition) is 13. The normalized spacial score (nSPS) is 11.5. The van der Waals surface area contributed by atoms with Gasteiger partial charge in [-0.2, -0.15) is 0 Å². The maximum Gasteiger partial charge on any atom is 0.203 e. The lowest BCUT2D eigenvalue weighted by molar-refractivity contribution is 0.219. The highest BCUT2D eigenvalue weighted by atomic mass is 16.6. The van der Waals surface area contributed by atoms with Crippen LogP contribution in [0.2, 0.25) is 0 Å². The summed E-state index contributed by atoms with van der Waals surface area (Å²) >= 11 is 0. The Bertz CT molecular complexity index is 3220. The molecule has 0 amide bonds. The molecule has 0 heterocycles. The van der Waals surface area contributed by atoms with Crippen molar-refractivity contribution < 1.29 is 61.9 Å². The minimum absolute atomic E-state index is 0.116. The van der Waals surface area contributed by atoms with E-state index in [1.165, 1.54) is 462 Å². The van der Waals surface area contributed by atoms with E-state index < -0.39 is 0 Å². The molecule has 1 N–H and O–H groups in total. The predicted molar refractivity (Wildman–Crippen MR) is 641 cm³/mol. The van der Waals surface area contributed by atoms with Crippen molar-refractivity contribution in [3.63, 3.8) is 0 Å². The zero-order chi connectivity index (χ0) is 106. The van der Waals surface area contributed by atoms with Gasteiger partial charge >= 0.3 is 0 Å². The van der Waals surface area contributed by atoms with Crippen LogP contribution in [-0.2, 0) is 26.4 Å². The molecule has 0 radical (unpaired) electrons. The summed E-state index contributed by atoms with van der Waals surface area (Å²) in [6, 6.07) is 16.7. The lowest BCUT2D eigenvalue weighted by atomic mass is 10.1. The number of aliphatic hydroxyl groups is 1. The monoisotopic (exact) mass is 2080 g/mol. The molecule has 0 aliphatic rings. The Hall–Kier alpha value is -5.56. The molecule has 0 aromatic heterocycles. The van der Waals surface area contributed by atoms with Gasteiger partial charge in [0.25, 0.3) is 0 Å². The molecule has 0 saturated heterocycles. The van der Waals surface area contributed by atoms with Gasteiger partial charge in [0.1, 0.15) is 19.8 Å². The van der Waals surface area contributed by atoms with Gasteiger partial charge in [-0.3, -0.25) is 0 Å². The summed E-state index contributed by atoms with van der Waals surface area (Å²) < 4.78 is 85.7.